The number of aliphatic hydroxyl groups excluding tert-OH is 1. The Balaban J connectivity index is 0.00000338. The molecule has 1 unspecified atom stereocenters. The van der Waals surface area contributed by atoms with E-state index in [1.165, 1.54) is 0 Å². The molecule has 148 valence electrons. The van der Waals surface area contributed by atoms with Gasteiger partial charge in [-0.3, -0.25) is 0 Å². The minimum absolute atomic E-state index is 0. The lowest BCUT2D eigenvalue weighted by atomic mass is 9.96. The van der Waals surface area contributed by atoms with Crippen molar-refractivity contribution in [3.8, 4) is 0 Å². The minimum atomic E-state index is -4.48. The van der Waals surface area contributed by atoms with E-state index in [-0.39, 0.29) is 49.3 Å². The Labute approximate surface area is 156 Å². The van der Waals surface area contributed by atoms with Gasteiger partial charge in [0, 0.05) is 11.6 Å². The van der Waals surface area contributed by atoms with Crippen LogP contribution in [-0.4, -0.2) is 44.4 Å². The van der Waals surface area contributed by atoms with Crippen LogP contribution in [0.1, 0.15) is 45.9 Å². The minimum Gasteiger partial charge on any atom is -0.386 e. The summed E-state index contributed by atoms with van der Waals surface area (Å²) in [6.07, 6.45) is -4.61. The first-order valence-corrected chi connectivity index (χ1v) is 8.00. The highest BCUT2D eigenvalue weighted by Crippen LogP contribution is 2.32. The molecule has 11 heteroatoms. The number of halogens is 4. The molecule has 0 fully saturated rings. The van der Waals surface area contributed by atoms with Crippen LogP contribution in [0.2, 0.25) is 0 Å². The fourth-order valence-electron chi connectivity index (χ4n) is 2.31. The Morgan fingerprint density at radius 3 is 2.19 bits per heavy atom. The van der Waals surface area contributed by atoms with Crippen molar-refractivity contribution in [3.05, 3.63) is 11.7 Å². The number of nitrogens with zero attached hydrogens (tertiary/aromatic N) is 3. The number of aromatic nitrogens is 3. The quantitative estimate of drug-likeness (QED) is 0.661. The van der Waals surface area contributed by atoms with E-state index < -0.39 is 24.1 Å². The van der Waals surface area contributed by atoms with Gasteiger partial charge in [-0.05, 0) is 40.0 Å². The van der Waals surface area contributed by atoms with Crippen molar-refractivity contribution in [2.24, 2.45) is 0 Å². The normalized spacial score (nSPS) is 19.2. The van der Waals surface area contributed by atoms with E-state index in [0.29, 0.717) is 12.8 Å². The van der Waals surface area contributed by atoms with Crippen LogP contribution in [0.25, 0.3) is 5.57 Å². The van der Waals surface area contributed by atoms with Crippen LogP contribution >= 0.6 is 13.5 Å². The number of hydrogen-bond donors (Lipinski definition) is 3. The van der Waals surface area contributed by atoms with Crippen LogP contribution in [0.3, 0.4) is 0 Å². The first-order valence-electron chi connectivity index (χ1n) is 8.00. The fraction of sp³-hybridized carbons (Fsp3) is 0.667. The van der Waals surface area contributed by atoms with E-state index in [1.807, 2.05) is 0 Å². The number of alkyl halides is 3. The molecular formula is C15H23F4N5OS. The third kappa shape index (κ3) is 5.70. The maximum Gasteiger partial charge on any atom is 0.408 e. The van der Waals surface area contributed by atoms with Crippen molar-refractivity contribution in [2.45, 2.75) is 64.4 Å². The first-order chi connectivity index (χ1) is 11.6. The van der Waals surface area contributed by atoms with E-state index in [2.05, 4.69) is 25.6 Å². The molecule has 0 aliphatic heterocycles. The molecular weight excluding hydrogens is 374 g/mol. The van der Waals surface area contributed by atoms with Crippen molar-refractivity contribution in [2.75, 3.05) is 10.6 Å². The number of hydrogen-bond acceptors (Lipinski definition) is 6. The molecule has 3 N–H and O–H groups in total. The van der Waals surface area contributed by atoms with Gasteiger partial charge >= 0.3 is 6.18 Å². The van der Waals surface area contributed by atoms with Gasteiger partial charge in [0.2, 0.25) is 11.9 Å². The van der Waals surface area contributed by atoms with Crippen molar-refractivity contribution >= 4 is 31.0 Å². The number of rotatable bonds is 5. The average Bonchev–Trinajstić information content (AvgIpc) is 2.48. The van der Waals surface area contributed by atoms with Gasteiger partial charge in [0.15, 0.2) is 5.82 Å². The van der Waals surface area contributed by atoms with E-state index in [4.69, 9.17) is 0 Å². The summed E-state index contributed by atoms with van der Waals surface area (Å²) >= 11 is 0. The number of anilines is 2. The molecule has 0 aromatic carbocycles. The van der Waals surface area contributed by atoms with Crippen LogP contribution in [-0.2, 0) is 0 Å². The molecule has 0 radical (unpaired) electrons. The van der Waals surface area contributed by atoms with Gasteiger partial charge in [-0.25, -0.2) is 4.39 Å². The predicted molar refractivity (Wildman–Crippen MR) is 96.0 cm³/mol. The molecule has 1 aromatic heterocycles. The first kappa shape index (κ1) is 22.4. The number of allylic oxidation sites excluding steroid dienone is 1. The SMILES string of the molecule is CC(C)Nc1nc(NC(C)C(F)(F)F)nc(C2=C(F)[C@H](O)CCC2)n1.S. The summed E-state index contributed by atoms with van der Waals surface area (Å²) in [5, 5.41) is 14.7. The summed E-state index contributed by atoms with van der Waals surface area (Å²) in [7, 11) is 0. The second-order valence-electron chi connectivity index (χ2n) is 6.25. The lowest BCUT2D eigenvalue weighted by Crippen LogP contribution is -2.34. The monoisotopic (exact) mass is 397 g/mol. The van der Waals surface area contributed by atoms with Crippen LogP contribution in [0.5, 0.6) is 0 Å². The Morgan fingerprint density at radius 1 is 1.08 bits per heavy atom. The highest BCUT2D eigenvalue weighted by molar-refractivity contribution is 7.59. The molecule has 2 rings (SSSR count). The molecule has 1 aliphatic carbocycles. The number of nitrogens with one attached hydrogen (secondary N) is 2. The maximum absolute atomic E-state index is 14.2. The largest absolute Gasteiger partial charge is 0.408 e. The van der Waals surface area contributed by atoms with Gasteiger partial charge in [0.1, 0.15) is 18.0 Å². The second kappa shape index (κ2) is 8.85. The Bertz CT molecular complexity index is 653. The lowest BCUT2D eigenvalue weighted by molar-refractivity contribution is -0.138. The Hall–Kier alpha value is -1.62. The molecule has 0 amide bonds. The summed E-state index contributed by atoms with van der Waals surface area (Å²) in [4.78, 5) is 11.9. The highest BCUT2D eigenvalue weighted by Gasteiger charge is 2.36. The van der Waals surface area contributed by atoms with E-state index in [1.54, 1.807) is 13.8 Å². The van der Waals surface area contributed by atoms with Gasteiger partial charge in [-0.2, -0.15) is 41.6 Å². The van der Waals surface area contributed by atoms with E-state index >= 15 is 0 Å². The number of aliphatic hydroxyl groups is 1. The second-order valence-corrected chi connectivity index (χ2v) is 6.25. The van der Waals surface area contributed by atoms with Crippen LogP contribution < -0.4 is 10.6 Å². The lowest BCUT2D eigenvalue weighted by Gasteiger charge is -2.21. The molecule has 0 bridgehead atoms. The summed E-state index contributed by atoms with van der Waals surface area (Å²) in [5.41, 5.74) is 0.0932. The third-order valence-electron chi connectivity index (χ3n) is 3.64. The molecule has 6 nitrogen and oxygen atoms in total. The summed E-state index contributed by atoms with van der Waals surface area (Å²) < 4.78 is 52.5. The van der Waals surface area contributed by atoms with Gasteiger partial charge in [-0.15, -0.1) is 0 Å². The molecule has 26 heavy (non-hydrogen) atoms. The summed E-state index contributed by atoms with van der Waals surface area (Å²) in [6.45, 7) is 4.54. The molecule has 2 atom stereocenters. The zero-order valence-corrected chi connectivity index (χ0v) is 15.7. The maximum atomic E-state index is 14.2. The Morgan fingerprint density at radius 2 is 1.65 bits per heavy atom. The van der Waals surface area contributed by atoms with Crippen LogP contribution in [0.4, 0.5) is 29.5 Å². The van der Waals surface area contributed by atoms with Gasteiger partial charge < -0.3 is 15.7 Å². The molecule has 1 aromatic rings. The summed E-state index contributed by atoms with van der Waals surface area (Å²) in [6, 6.07) is -1.97. The standard InChI is InChI=1S/C15H21F4N5O.H2S/c1-7(2)20-13-22-12(9-5-4-6-10(25)11(9)16)23-14(24-13)21-8(3)15(17,18)19;/h7-8,10,25H,4-6H2,1-3H3,(H2,20,21,22,23,24);1H2/t8?,10-;/m1./s1. The molecule has 0 saturated carbocycles. The molecule has 1 aliphatic rings. The zero-order valence-electron chi connectivity index (χ0n) is 14.7. The molecule has 0 spiro atoms. The average molecular weight is 397 g/mol. The van der Waals surface area contributed by atoms with Crippen LogP contribution in [0, 0.1) is 0 Å². The molecule has 0 saturated heterocycles. The topological polar surface area (TPSA) is 83.0 Å². The Kier molecular flexibility index (Phi) is 7.63. The van der Waals surface area contributed by atoms with E-state index in [9.17, 15) is 22.7 Å². The van der Waals surface area contributed by atoms with Gasteiger partial charge in [0.05, 0.1) is 0 Å². The van der Waals surface area contributed by atoms with Crippen molar-refractivity contribution in [1.29, 1.82) is 0 Å². The summed E-state index contributed by atoms with van der Waals surface area (Å²) in [5.74, 6) is -1.09. The van der Waals surface area contributed by atoms with Crippen molar-refractivity contribution in [1.82, 2.24) is 15.0 Å². The highest BCUT2D eigenvalue weighted by atomic mass is 32.1. The third-order valence-corrected chi connectivity index (χ3v) is 3.64. The van der Waals surface area contributed by atoms with Crippen molar-refractivity contribution < 1.29 is 22.7 Å². The van der Waals surface area contributed by atoms with E-state index in [0.717, 1.165) is 6.92 Å². The van der Waals surface area contributed by atoms with Crippen molar-refractivity contribution in [3.63, 3.8) is 0 Å². The van der Waals surface area contributed by atoms with Gasteiger partial charge in [-0.1, -0.05) is 0 Å². The fourth-order valence-corrected chi connectivity index (χ4v) is 2.31. The van der Waals surface area contributed by atoms with Gasteiger partial charge in [0.25, 0.3) is 0 Å². The smallest absolute Gasteiger partial charge is 0.386 e. The zero-order chi connectivity index (χ0) is 18.8. The predicted octanol–water partition coefficient (Wildman–Crippen LogP) is 3.39. The van der Waals surface area contributed by atoms with Crippen LogP contribution in [0.15, 0.2) is 5.83 Å². The molecule has 1 heterocycles.